The summed E-state index contributed by atoms with van der Waals surface area (Å²) in [5.41, 5.74) is 3.49. The van der Waals surface area contributed by atoms with E-state index in [4.69, 9.17) is 0 Å². The first-order valence-corrected chi connectivity index (χ1v) is 6.91. The van der Waals surface area contributed by atoms with Crippen LogP contribution in [0.2, 0.25) is 0 Å². The van der Waals surface area contributed by atoms with Crippen LogP contribution in [0.3, 0.4) is 0 Å². The first-order valence-electron chi connectivity index (χ1n) is 6.11. The topological polar surface area (TPSA) is 27.8 Å². The fourth-order valence-electron chi connectivity index (χ4n) is 2.34. The van der Waals surface area contributed by atoms with Crippen molar-refractivity contribution in [2.45, 2.75) is 19.9 Å². The third-order valence-electron chi connectivity index (χ3n) is 3.03. The van der Waals surface area contributed by atoms with Crippen molar-refractivity contribution in [2.75, 3.05) is 5.32 Å². The van der Waals surface area contributed by atoms with Gasteiger partial charge in [-0.25, -0.2) is 0 Å². The summed E-state index contributed by atoms with van der Waals surface area (Å²) in [5, 5.41) is 5.93. The van der Waals surface area contributed by atoms with E-state index in [0.29, 0.717) is 6.04 Å². The van der Waals surface area contributed by atoms with Gasteiger partial charge in [0.1, 0.15) is 0 Å². The molecule has 0 unspecified atom stereocenters. The van der Waals surface area contributed by atoms with Crippen molar-refractivity contribution < 1.29 is 0 Å². The standard InChI is InChI=1S/C15H15BrN2/c1-9(2)17-10-6-7-11-14(8-10)18-13-5-3-4-12(16)15(11)13/h3-9,17-18H,1-2H3. The maximum Gasteiger partial charge on any atom is 0.0486 e. The van der Waals surface area contributed by atoms with Crippen LogP contribution in [0.5, 0.6) is 0 Å². The van der Waals surface area contributed by atoms with Crippen molar-refractivity contribution in [1.82, 2.24) is 4.98 Å². The second kappa shape index (κ2) is 4.32. The molecule has 0 saturated carbocycles. The van der Waals surface area contributed by atoms with Crippen molar-refractivity contribution in [3.05, 3.63) is 40.9 Å². The van der Waals surface area contributed by atoms with Gasteiger partial charge in [0, 0.05) is 38.0 Å². The van der Waals surface area contributed by atoms with E-state index in [2.05, 4.69) is 76.5 Å². The summed E-state index contributed by atoms with van der Waals surface area (Å²) in [5.74, 6) is 0. The Kier molecular flexibility index (Phi) is 2.78. The molecular weight excluding hydrogens is 288 g/mol. The molecule has 0 fully saturated rings. The molecule has 3 aromatic rings. The summed E-state index contributed by atoms with van der Waals surface area (Å²) < 4.78 is 1.14. The lowest BCUT2D eigenvalue weighted by molar-refractivity contribution is 0.900. The molecule has 0 atom stereocenters. The van der Waals surface area contributed by atoms with Crippen LogP contribution in [0.15, 0.2) is 40.9 Å². The van der Waals surface area contributed by atoms with Crippen molar-refractivity contribution in [2.24, 2.45) is 0 Å². The summed E-state index contributed by atoms with van der Waals surface area (Å²) in [6.45, 7) is 4.29. The minimum atomic E-state index is 0.443. The molecule has 0 saturated heterocycles. The molecule has 18 heavy (non-hydrogen) atoms. The zero-order valence-electron chi connectivity index (χ0n) is 10.4. The van der Waals surface area contributed by atoms with Gasteiger partial charge < -0.3 is 10.3 Å². The normalized spacial score (nSPS) is 11.6. The molecular formula is C15H15BrN2. The van der Waals surface area contributed by atoms with E-state index in [9.17, 15) is 0 Å². The molecule has 2 nitrogen and oxygen atoms in total. The maximum atomic E-state index is 3.62. The number of aromatic nitrogens is 1. The maximum absolute atomic E-state index is 3.62. The number of halogens is 1. The van der Waals surface area contributed by atoms with E-state index >= 15 is 0 Å². The van der Waals surface area contributed by atoms with Gasteiger partial charge in [0.2, 0.25) is 0 Å². The molecule has 2 N–H and O–H groups in total. The molecule has 0 aliphatic rings. The smallest absolute Gasteiger partial charge is 0.0486 e. The van der Waals surface area contributed by atoms with Crippen molar-refractivity contribution in [3.63, 3.8) is 0 Å². The summed E-state index contributed by atoms with van der Waals surface area (Å²) in [6.07, 6.45) is 0. The van der Waals surface area contributed by atoms with E-state index < -0.39 is 0 Å². The Morgan fingerprint density at radius 3 is 2.72 bits per heavy atom. The molecule has 0 bridgehead atoms. The predicted molar refractivity (Wildman–Crippen MR) is 82.3 cm³/mol. The lowest BCUT2D eigenvalue weighted by Crippen LogP contribution is -2.09. The highest BCUT2D eigenvalue weighted by Crippen LogP contribution is 2.32. The first kappa shape index (κ1) is 11.6. The Bertz CT molecular complexity index is 713. The van der Waals surface area contributed by atoms with E-state index in [1.54, 1.807) is 0 Å². The average Bonchev–Trinajstić information content (AvgIpc) is 2.66. The summed E-state index contributed by atoms with van der Waals surface area (Å²) in [7, 11) is 0. The fraction of sp³-hybridized carbons (Fsp3) is 0.200. The lowest BCUT2D eigenvalue weighted by Gasteiger charge is -2.09. The second-order valence-electron chi connectivity index (χ2n) is 4.85. The van der Waals surface area contributed by atoms with E-state index in [0.717, 1.165) is 10.2 Å². The van der Waals surface area contributed by atoms with Crippen LogP contribution >= 0.6 is 15.9 Å². The molecule has 0 amide bonds. The molecule has 0 aliphatic carbocycles. The van der Waals surface area contributed by atoms with Gasteiger partial charge in [-0.2, -0.15) is 0 Å². The van der Waals surface area contributed by atoms with Crippen LogP contribution in [0.25, 0.3) is 21.8 Å². The van der Waals surface area contributed by atoms with Gasteiger partial charge in [-0.05, 0) is 38.1 Å². The Balaban J connectivity index is 2.24. The molecule has 0 spiro atoms. The molecule has 3 rings (SSSR count). The van der Waals surface area contributed by atoms with Crippen LogP contribution in [0.4, 0.5) is 5.69 Å². The van der Waals surface area contributed by atoms with Crippen molar-refractivity contribution in [3.8, 4) is 0 Å². The van der Waals surface area contributed by atoms with Crippen LogP contribution in [0, 0.1) is 0 Å². The third kappa shape index (κ3) is 1.89. The molecule has 3 heteroatoms. The number of nitrogens with one attached hydrogen (secondary N) is 2. The van der Waals surface area contributed by atoms with Crippen molar-refractivity contribution >= 4 is 43.4 Å². The number of anilines is 1. The second-order valence-corrected chi connectivity index (χ2v) is 5.70. The first-order chi connectivity index (χ1) is 8.65. The average molecular weight is 303 g/mol. The zero-order chi connectivity index (χ0) is 12.7. The van der Waals surface area contributed by atoms with Gasteiger partial charge in [-0.15, -0.1) is 0 Å². The highest BCUT2D eigenvalue weighted by Gasteiger charge is 2.07. The Morgan fingerprint density at radius 1 is 1.11 bits per heavy atom. The number of rotatable bonds is 2. The minimum absolute atomic E-state index is 0.443. The number of hydrogen-bond acceptors (Lipinski definition) is 1. The van der Waals surface area contributed by atoms with Gasteiger partial charge in [0.15, 0.2) is 0 Å². The molecule has 0 radical (unpaired) electrons. The Labute approximate surface area is 115 Å². The van der Waals surface area contributed by atoms with Gasteiger partial charge in [-0.3, -0.25) is 0 Å². The van der Waals surface area contributed by atoms with Crippen LogP contribution in [-0.4, -0.2) is 11.0 Å². The monoisotopic (exact) mass is 302 g/mol. The van der Waals surface area contributed by atoms with Gasteiger partial charge in [0.05, 0.1) is 0 Å². The number of benzene rings is 2. The largest absolute Gasteiger partial charge is 0.383 e. The van der Waals surface area contributed by atoms with E-state index in [-0.39, 0.29) is 0 Å². The van der Waals surface area contributed by atoms with E-state index in [1.165, 1.54) is 21.8 Å². The van der Waals surface area contributed by atoms with Crippen LogP contribution < -0.4 is 5.32 Å². The molecule has 2 aromatic carbocycles. The predicted octanol–water partition coefficient (Wildman–Crippen LogP) is 4.90. The third-order valence-corrected chi connectivity index (χ3v) is 3.69. The lowest BCUT2D eigenvalue weighted by atomic mass is 10.1. The zero-order valence-corrected chi connectivity index (χ0v) is 12.0. The Hall–Kier alpha value is -1.48. The number of hydrogen-bond donors (Lipinski definition) is 2. The summed E-state index contributed by atoms with van der Waals surface area (Å²) >= 11 is 3.62. The molecule has 0 aliphatic heterocycles. The van der Waals surface area contributed by atoms with Crippen LogP contribution in [0.1, 0.15) is 13.8 Å². The molecule has 92 valence electrons. The molecule has 1 heterocycles. The summed E-state index contributed by atoms with van der Waals surface area (Å²) in [4.78, 5) is 3.46. The van der Waals surface area contributed by atoms with Gasteiger partial charge >= 0.3 is 0 Å². The van der Waals surface area contributed by atoms with Gasteiger partial charge in [0.25, 0.3) is 0 Å². The van der Waals surface area contributed by atoms with Crippen LogP contribution in [-0.2, 0) is 0 Å². The van der Waals surface area contributed by atoms with Gasteiger partial charge in [-0.1, -0.05) is 28.1 Å². The summed E-state index contributed by atoms with van der Waals surface area (Å²) in [6, 6.07) is 13.2. The quantitative estimate of drug-likeness (QED) is 0.692. The van der Waals surface area contributed by atoms with E-state index in [1.807, 2.05) is 0 Å². The highest BCUT2D eigenvalue weighted by atomic mass is 79.9. The number of aromatic amines is 1. The SMILES string of the molecule is CC(C)Nc1ccc2c(c1)[nH]c1cccc(Br)c12. The highest BCUT2D eigenvalue weighted by molar-refractivity contribution is 9.10. The minimum Gasteiger partial charge on any atom is -0.383 e. The fourth-order valence-corrected chi connectivity index (χ4v) is 2.92. The number of H-pyrrole nitrogens is 1. The number of fused-ring (bicyclic) bond motifs is 3. The molecule has 1 aromatic heterocycles. The Morgan fingerprint density at radius 2 is 1.94 bits per heavy atom. The van der Waals surface area contributed by atoms with Crippen molar-refractivity contribution in [1.29, 1.82) is 0 Å².